The molecule has 1 aromatic rings. The molecule has 3 N–H and O–H groups in total. The maximum atomic E-state index is 12.9. The van der Waals surface area contributed by atoms with Crippen molar-refractivity contribution in [2.24, 2.45) is 5.73 Å². The van der Waals surface area contributed by atoms with Crippen LogP contribution in [0.5, 0.6) is 0 Å². The number of benzene rings is 1. The summed E-state index contributed by atoms with van der Waals surface area (Å²) >= 11 is 6.51. The van der Waals surface area contributed by atoms with E-state index in [4.69, 9.17) is 72.1 Å². The lowest BCUT2D eigenvalue weighted by Crippen LogP contribution is -2.66. The maximum Gasteiger partial charge on any atom is 0.283 e. The van der Waals surface area contributed by atoms with E-state index in [1.165, 1.54) is 0 Å². The summed E-state index contributed by atoms with van der Waals surface area (Å²) in [5.41, 5.74) is 4.65. The molecule has 2 aliphatic rings. The summed E-state index contributed by atoms with van der Waals surface area (Å²) in [7, 11) is 41.9. The SMILES string of the molecule is [B]c1c([B])c([B])c2c(c1[B])B(Cl)C1([B])CC([B])([B])C(O)C(=O)C21N. The van der Waals surface area contributed by atoms with Gasteiger partial charge in [0.25, 0.3) is 6.13 Å². The summed E-state index contributed by atoms with van der Waals surface area (Å²) in [5, 5.41) is 6.77. The number of rotatable bonds is 0. The Bertz CT molecular complexity index is 789. The minimum atomic E-state index is -1.96. The number of aliphatic hydroxyl groups excluding tert-OH is 1. The summed E-state index contributed by atoms with van der Waals surface area (Å²) < 4.78 is 0. The number of ketones is 1. The molecule has 0 amide bonds. The summed E-state index contributed by atoms with van der Waals surface area (Å²) in [6.07, 6.45) is -3.09. The van der Waals surface area contributed by atoms with Crippen molar-refractivity contribution in [2.45, 2.75) is 28.5 Å². The van der Waals surface area contributed by atoms with Gasteiger partial charge in [0.15, 0.2) is 5.78 Å². The van der Waals surface area contributed by atoms with Gasteiger partial charge >= 0.3 is 0 Å². The van der Waals surface area contributed by atoms with Gasteiger partial charge < -0.3 is 10.8 Å². The number of hydrogen-bond donors (Lipinski definition) is 2. The fourth-order valence-corrected chi connectivity index (χ4v) is 4.35. The fraction of sp³-hybridized carbons (Fsp3) is 0.417. The maximum absolute atomic E-state index is 12.9. The average molecular weight is 318 g/mol. The summed E-state index contributed by atoms with van der Waals surface area (Å²) in [4.78, 5) is 12.9. The van der Waals surface area contributed by atoms with Gasteiger partial charge in [-0.05, 0) is 10.8 Å². The van der Waals surface area contributed by atoms with E-state index in [0.717, 1.165) is 0 Å². The van der Waals surface area contributed by atoms with Crippen LogP contribution in [-0.4, -0.2) is 78.0 Å². The van der Waals surface area contributed by atoms with Crippen molar-refractivity contribution in [1.29, 1.82) is 0 Å². The molecule has 102 valence electrons. The van der Waals surface area contributed by atoms with Gasteiger partial charge in [-0.1, -0.05) is 22.6 Å². The summed E-state index contributed by atoms with van der Waals surface area (Å²) in [6.45, 7) is 0. The molecule has 1 saturated carbocycles. The molecule has 14 radical (unpaired) electrons. The molecule has 12 heteroatoms. The second kappa shape index (κ2) is 5.08. The summed E-state index contributed by atoms with van der Waals surface area (Å²) in [5.74, 6) is -0.902. The van der Waals surface area contributed by atoms with Crippen LogP contribution in [0.4, 0.5) is 0 Å². The Labute approximate surface area is 155 Å². The smallest absolute Gasteiger partial charge is 0.283 e. The minimum absolute atomic E-state index is 0.0162. The number of nitrogens with two attached hydrogens (primary N) is 1. The Morgan fingerprint density at radius 1 is 1.08 bits per heavy atom. The first kappa shape index (κ1) is 18.4. The third kappa shape index (κ3) is 1.84. The highest BCUT2D eigenvalue weighted by Gasteiger charge is 2.69. The second-order valence-corrected chi connectivity index (χ2v) is 7.15. The van der Waals surface area contributed by atoms with Crippen LogP contribution in [0, 0.1) is 0 Å². The number of halogens is 1. The first-order chi connectivity index (χ1) is 10.8. The van der Waals surface area contributed by atoms with Crippen LogP contribution in [-0.2, 0) is 10.3 Å². The predicted octanol–water partition coefficient (Wildman–Crippen LogP) is -5.88. The normalized spacial score (nSPS) is 34.0. The van der Waals surface area contributed by atoms with E-state index in [1.54, 1.807) is 0 Å². The van der Waals surface area contributed by atoms with Gasteiger partial charge in [0, 0.05) is 0 Å². The number of carbonyl (C=O) groups is 1. The quantitative estimate of drug-likeness (QED) is 0.469. The zero-order valence-corrected chi connectivity index (χ0v) is 13.5. The van der Waals surface area contributed by atoms with Crippen LogP contribution in [0.25, 0.3) is 0 Å². The number of Topliss-reactive ketones (excluding diaryl/α,β-unsaturated/α-hetero) is 1. The van der Waals surface area contributed by atoms with Gasteiger partial charge in [0.2, 0.25) is 0 Å². The molecule has 1 aromatic carbocycles. The zero-order chi connectivity index (χ0) is 18.4. The lowest BCUT2D eigenvalue weighted by atomic mass is 9.27. The van der Waals surface area contributed by atoms with E-state index < -0.39 is 34.0 Å². The molecule has 0 bridgehead atoms. The van der Waals surface area contributed by atoms with Gasteiger partial charge in [0.1, 0.15) is 37.5 Å². The van der Waals surface area contributed by atoms with Crippen molar-refractivity contribution >= 4 is 106 Å². The van der Waals surface area contributed by atoms with E-state index in [1.807, 2.05) is 0 Å². The molecular formula is C12H6B8ClNO2. The van der Waals surface area contributed by atoms with E-state index in [-0.39, 0.29) is 39.3 Å². The Morgan fingerprint density at radius 2 is 1.58 bits per heavy atom. The molecule has 3 unspecified atom stereocenters. The Kier molecular flexibility index (Phi) is 3.90. The molecule has 1 aliphatic heterocycles. The van der Waals surface area contributed by atoms with Crippen LogP contribution in [0.15, 0.2) is 0 Å². The molecule has 1 aliphatic carbocycles. The van der Waals surface area contributed by atoms with Crippen LogP contribution >= 0.6 is 11.5 Å². The molecule has 0 spiro atoms. The molecule has 0 saturated heterocycles. The van der Waals surface area contributed by atoms with E-state index >= 15 is 0 Å². The Morgan fingerprint density at radius 3 is 2.12 bits per heavy atom. The lowest BCUT2D eigenvalue weighted by molar-refractivity contribution is -0.137. The number of aliphatic hydroxyl groups is 1. The highest BCUT2D eigenvalue weighted by Crippen LogP contribution is 2.61. The van der Waals surface area contributed by atoms with Crippen molar-refractivity contribution in [1.82, 2.24) is 0 Å². The van der Waals surface area contributed by atoms with Crippen molar-refractivity contribution in [3.8, 4) is 0 Å². The van der Waals surface area contributed by atoms with Crippen LogP contribution in [0.3, 0.4) is 0 Å². The fourth-order valence-electron chi connectivity index (χ4n) is 3.87. The first-order valence-corrected chi connectivity index (χ1v) is 7.54. The topological polar surface area (TPSA) is 63.3 Å². The molecule has 1 heterocycles. The standard InChI is InChI=1S/C12H6B8ClNO2/c13-3-2-7(6(16)5(15)4(3)14)20(21)11(19)1-10(17,18)8(23)9(24)12(2,11)22/h8,23H,1,22H2. The van der Waals surface area contributed by atoms with Gasteiger partial charge in [0.05, 0.1) is 29.1 Å². The van der Waals surface area contributed by atoms with Crippen molar-refractivity contribution < 1.29 is 9.90 Å². The minimum Gasteiger partial charge on any atom is -0.386 e. The average Bonchev–Trinajstić information content (AvgIpc) is 2.67. The number of carbonyl (C=O) groups excluding carboxylic acids is 1. The number of hydrogen-bond acceptors (Lipinski definition) is 3. The highest BCUT2D eigenvalue weighted by atomic mass is 35.5. The van der Waals surface area contributed by atoms with E-state index in [2.05, 4.69) is 0 Å². The molecule has 0 aromatic heterocycles. The highest BCUT2D eigenvalue weighted by molar-refractivity contribution is 7.20. The first-order valence-electron chi connectivity index (χ1n) is 7.10. The van der Waals surface area contributed by atoms with Gasteiger partial charge in [-0.15, -0.1) is 16.4 Å². The van der Waals surface area contributed by atoms with Crippen LogP contribution < -0.4 is 33.0 Å². The van der Waals surface area contributed by atoms with Crippen molar-refractivity contribution in [3.63, 3.8) is 0 Å². The van der Waals surface area contributed by atoms with Crippen molar-refractivity contribution in [3.05, 3.63) is 5.56 Å². The molecular weight excluding hydrogens is 312 g/mol. The monoisotopic (exact) mass is 319 g/mol. The molecule has 1 fully saturated rings. The number of fused-ring (bicyclic) bond motifs is 3. The van der Waals surface area contributed by atoms with E-state index in [0.29, 0.717) is 0 Å². The lowest BCUT2D eigenvalue weighted by Gasteiger charge is -2.54. The van der Waals surface area contributed by atoms with Gasteiger partial charge in [-0.25, -0.2) is 0 Å². The molecule has 3 atom stereocenters. The third-order valence-corrected chi connectivity index (χ3v) is 5.89. The van der Waals surface area contributed by atoms with Gasteiger partial charge in [-0.2, -0.15) is 11.5 Å². The largest absolute Gasteiger partial charge is 0.386 e. The Balaban J connectivity index is 2.43. The van der Waals surface area contributed by atoms with Gasteiger partial charge in [-0.3, -0.25) is 4.79 Å². The van der Waals surface area contributed by atoms with Crippen LogP contribution in [0.2, 0.25) is 10.4 Å². The molecule has 3 nitrogen and oxygen atoms in total. The third-order valence-electron chi connectivity index (χ3n) is 5.28. The predicted molar refractivity (Wildman–Crippen MR) is 103 cm³/mol. The van der Waals surface area contributed by atoms with Crippen molar-refractivity contribution in [2.75, 3.05) is 0 Å². The Hall–Kier alpha value is -0.381. The zero-order valence-electron chi connectivity index (χ0n) is 12.7. The molecule has 3 rings (SSSR count). The van der Waals surface area contributed by atoms with Crippen LogP contribution in [0.1, 0.15) is 12.0 Å². The molecule has 24 heavy (non-hydrogen) atoms. The summed E-state index contributed by atoms with van der Waals surface area (Å²) in [6, 6.07) is 0. The van der Waals surface area contributed by atoms with E-state index in [9.17, 15) is 9.90 Å². The second-order valence-electron chi connectivity index (χ2n) is 6.71.